The Morgan fingerprint density at radius 2 is 2.09 bits per heavy atom. The van der Waals surface area contributed by atoms with Crippen LogP contribution in [0.4, 0.5) is 0 Å². The van der Waals surface area contributed by atoms with Gasteiger partial charge in [0, 0.05) is 36.1 Å². The SMILES string of the molecule is CC(NC(N)=NCC1(O)CCOCC1)c1ccc(Cl)cc1Cl.I. The number of guanidine groups is 1. The van der Waals surface area contributed by atoms with Crippen LogP contribution in [0.1, 0.15) is 31.4 Å². The summed E-state index contributed by atoms with van der Waals surface area (Å²) >= 11 is 12.1. The third-order valence-corrected chi connectivity index (χ3v) is 4.32. The second-order valence-electron chi connectivity index (χ2n) is 5.57. The van der Waals surface area contributed by atoms with Gasteiger partial charge < -0.3 is 20.9 Å². The zero-order valence-corrected chi connectivity index (χ0v) is 16.7. The lowest BCUT2D eigenvalue weighted by atomic mass is 9.95. The highest BCUT2D eigenvalue weighted by molar-refractivity contribution is 14.0. The Labute approximate surface area is 163 Å². The van der Waals surface area contributed by atoms with E-state index in [0.29, 0.717) is 36.1 Å². The molecule has 1 aliphatic heterocycles. The predicted octanol–water partition coefficient (Wildman–Crippen LogP) is 3.12. The van der Waals surface area contributed by atoms with E-state index in [2.05, 4.69) is 10.3 Å². The van der Waals surface area contributed by atoms with Crippen molar-refractivity contribution in [3.05, 3.63) is 33.8 Å². The molecule has 0 aromatic heterocycles. The summed E-state index contributed by atoms with van der Waals surface area (Å²) in [6.45, 7) is 3.29. The van der Waals surface area contributed by atoms with Crippen LogP contribution in [0.5, 0.6) is 0 Å². The number of benzene rings is 1. The van der Waals surface area contributed by atoms with Crippen LogP contribution in [-0.2, 0) is 4.74 Å². The van der Waals surface area contributed by atoms with Crippen molar-refractivity contribution in [3.63, 3.8) is 0 Å². The number of rotatable bonds is 4. The Kier molecular flexibility index (Phi) is 8.37. The van der Waals surface area contributed by atoms with Gasteiger partial charge in [-0.25, -0.2) is 0 Å². The normalized spacial score (nSPS) is 18.9. The largest absolute Gasteiger partial charge is 0.388 e. The van der Waals surface area contributed by atoms with E-state index in [1.165, 1.54) is 0 Å². The zero-order chi connectivity index (χ0) is 16.2. The van der Waals surface area contributed by atoms with E-state index in [1.807, 2.05) is 13.0 Å². The smallest absolute Gasteiger partial charge is 0.189 e. The maximum atomic E-state index is 10.3. The number of aliphatic hydroxyl groups is 1. The number of aliphatic imine (C=N–C) groups is 1. The molecule has 1 unspecified atom stereocenters. The molecule has 8 heteroatoms. The molecule has 1 aromatic carbocycles. The van der Waals surface area contributed by atoms with Crippen LogP contribution in [0.3, 0.4) is 0 Å². The first-order valence-corrected chi connectivity index (χ1v) is 7.97. The average Bonchev–Trinajstić information content (AvgIpc) is 2.46. The quantitative estimate of drug-likeness (QED) is 0.356. The van der Waals surface area contributed by atoms with Crippen LogP contribution >= 0.6 is 47.2 Å². The first kappa shape index (κ1) is 20.8. The summed E-state index contributed by atoms with van der Waals surface area (Å²) in [5, 5.41) is 14.6. The average molecular weight is 474 g/mol. The van der Waals surface area contributed by atoms with Gasteiger partial charge in [-0.05, 0) is 24.6 Å². The summed E-state index contributed by atoms with van der Waals surface area (Å²) < 4.78 is 5.24. The molecular weight excluding hydrogens is 452 g/mol. The molecule has 0 amide bonds. The third kappa shape index (κ3) is 6.26. The highest BCUT2D eigenvalue weighted by Gasteiger charge is 2.29. The summed E-state index contributed by atoms with van der Waals surface area (Å²) in [5.74, 6) is 0.276. The maximum absolute atomic E-state index is 10.3. The van der Waals surface area contributed by atoms with Crippen molar-refractivity contribution in [2.24, 2.45) is 10.7 Å². The van der Waals surface area contributed by atoms with E-state index >= 15 is 0 Å². The Morgan fingerprint density at radius 3 is 2.70 bits per heavy atom. The molecule has 1 aromatic rings. The van der Waals surface area contributed by atoms with Gasteiger partial charge in [-0.1, -0.05) is 29.3 Å². The van der Waals surface area contributed by atoms with Crippen LogP contribution in [0.2, 0.25) is 10.0 Å². The van der Waals surface area contributed by atoms with Gasteiger partial charge in [0.2, 0.25) is 0 Å². The van der Waals surface area contributed by atoms with Crippen molar-refractivity contribution in [1.82, 2.24) is 5.32 Å². The molecule has 2 rings (SSSR count). The molecular formula is C15H22Cl2IN3O2. The molecule has 1 atom stereocenters. The van der Waals surface area contributed by atoms with Gasteiger partial charge in [-0.15, -0.1) is 24.0 Å². The number of nitrogens with zero attached hydrogens (tertiary/aromatic N) is 1. The lowest BCUT2D eigenvalue weighted by Crippen LogP contribution is -2.41. The van der Waals surface area contributed by atoms with Crippen molar-refractivity contribution < 1.29 is 9.84 Å². The molecule has 0 radical (unpaired) electrons. The third-order valence-electron chi connectivity index (χ3n) is 3.76. The Morgan fingerprint density at radius 1 is 1.43 bits per heavy atom. The highest BCUT2D eigenvalue weighted by Crippen LogP contribution is 2.26. The first-order valence-electron chi connectivity index (χ1n) is 7.21. The van der Waals surface area contributed by atoms with Crippen LogP contribution < -0.4 is 11.1 Å². The summed E-state index contributed by atoms with van der Waals surface area (Å²) in [5.41, 5.74) is 5.95. The van der Waals surface area contributed by atoms with E-state index in [4.69, 9.17) is 33.7 Å². The second kappa shape index (κ2) is 9.27. The molecule has 5 nitrogen and oxygen atoms in total. The van der Waals surface area contributed by atoms with E-state index in [9.17, 15) is 5.11 Å². The fraction of sp³-hybridized carbons (Fsp3) is 0.533. The second-order valence-corrected chi connectivity index (χ2v) is 6.41. The number of hydrogen-bond donors (Lipinski definition) is 3. The minimum Gasteiger partial charge on any atom is -0.388 e. The van der Waals surface area contributed by atoms with Crippen LogP contribution in [0.25, 0.3) is 0 Å². The molecule has 1 saturated heterocycles. The highest BCUT2D eigenvalue weighted by atomic mass is 127. The van der Waals surface area contributed by atoms with Gasteiger partial charge in [0.15, 0.2) is 5.96 Å². The molecule has 1 aliphatic rings. The van der Waals surface area contributed by atoms with Gasteiger partial charge in [0.1, 0.15) is 0 Å². The summed E-state index contributed by atoms with van der Waals surface area (Å²) in [7, 11) is 0. The van der Waals surface area contributed by atoms with Gasteiger partial charge in [0.25, 0.3) is 0 Å². The van der Waals surface area contributed by atoms with Crippen LogP contribution in [0, 0.1) is 0 Å². The van der Waals surface area contributed by atoms with Crippen molar-refractivity contribution in [3.8, 4) is 0 Å². The van der Waals surface area contributed by atoms with Crippen molar-refractivity contribution in [2.45, 2.75) is 31.4 Å². The van der Waals surface area contributed by atoms with Gasteiger partial charge in [-0.2, -0.15) is 0 Å². The van der Waals surface area contributed by atoms with Crippen molar-refractivity contribution in [1.29, 1.82) is 0 Å². The lowest BCUT2D eigenvalue weighted by molar-refractivity contribution is -0.0565. The summed E-state index contributed by atoms with van der Waals surface area (Å²) in [4.78, 5) is 4.24. The number of nitrogens with two attached hydrogens (primary N) is 1. The lowest BCUT2D eigenvalue weighted by Gasteiger charge is -2.30. The molecule has 1 heterocycles. The minimum atomic E-state index is -0.828. The van der Waals surface area contributed by atoms with Gasteiger partial charge >= 0.3 is 0 Å². The number of hydrogen-bond acceptors (Lipinski definition) is 3. The van der Waals surface area contributed by atoms with E-state index in [0.717, 1.165) is 5.56 Å². The molecule has 4 N–H and O–H groups in total. The maximum Gasteiger partial charge on any atom is 0.189 e. The Bertz CT molecular complexity index is 552. The Hall–Kier alpha value is -0.280. The number of halogens is 3. The van der Waals surface area contributed by atoms with Gasteiger partial charge in [-0.3, -0.25) is 4.99 Å². The van der Waals surface area contributed by atoms with Gasteiger partial charge in [0.05, 0.1) is 18.2 Å². The Balaban J connectivity index is 0.00000264. The standard InChI is InChI=1S/C15H21Cl2N3O2.HI/c1-10(12-3-2-11(16)8-13(12)17)20-14(18)19-9-15(21)4-6-22-7-5-15;/h2-3,8,10,21H,4-7,9H2,1H3,(H3,18,19,20);1H. The topological polar surface area (TPSA) is 79.9 Å². The molecule has 0 aliphatic carbocycles. The fourth-order valence-electron chi connectivity index (χ4n) is 2.34. The number of nitrogens with one attached hydrogen (secondary N) is 1. The molecule has 1 fully saturated rings. The van der Waals surface area contributed by atoms with Crippen molar-refractivity contribution >= 4 is 53.1 Å². The molecule has 23 heavy (non-hydrogen) atoms. The summed E-state index contributed by atoms with van der Waals surface area (Å²) in [6, 6.07) is 5.20. The monoisotopic (exact) mass is 473 g/mol. The van der Waals surface area contributed by atoms with E-state index in [-0.39, 0.29) is 42.5 Å². The molecule has 0 spiro atoms. The fourth-order valence-corrected chi connectivity index (χ4v) is 2.91. The zero-order valence-electron chi connectivity index (χ0n) is 12.9. The van der Waals surface area contributed by atoms with Crippen LogP contribution in [0.15, 0.2) is 23.2 Å². The number of ether oxygens (including phenoxy) is 1. The summed E-state index contributed by atoms with van der Waals surface area (Å²) in [6.07, 6.45) is 1.14. The predicted molar refractivity (Wildman–Crippen MR) is 105 cm³/mol. The minimum absolute atomic E-state index is 0. The van der Waals surface area contributed by atoms with E-state index < -0.39 is 5.60 Å². The molecule has 130 valence electrons. The first-order chi connectivity index (χ1) is 10.4. The van der Waals surface area contributed by atoms with E-state index in [1.54, 1.807) is 12.1 Å². The molecule has 0 saturated carbocycles. The molecule has 0 bridgehead atoms. The van der Waals surface area contributed by atoms with Crippen LogP contribution in [-0.4, -0.2) is 36.4 Å². The van der Waals surface area contributed by atoms with Crippen molar-refractivity contribution in [2.75, 3.05) is 19.8 Å².